The molecule has 3 heterocycles. The molecule has 2 aromatic heterocycles. The summed E-state index contributed by atoms with van der Waals surface area (Å²) in [5.41, 5.74) is 11.1. The molecule has 4 N–H and O–H groups in total. The number of hydrogen-bond donors (Lipinski definition) is 3. The van der Waals surface area contributed by atoms with Gasteiger partial charge in [-0.15, -0.1) is 0 Å². The third-order valence-corrected chi connectivity index (χ3v) is 5.42. The first-order valence-corrected chi connectivity index (χ1v) is 11.4. The number of carbonyl (C=O) groups is 1. The lowest BCUT2D eigenvalue weighted by Crippen LogP contribution is -2.26. The molecular formula is C25H34N4O5. The number of aliphatic hydroxyl groups is 1. The van der Waals surface area contributed by atoms with E-state index in [4.69, 9.17) is 15.8 Å². The third kappa shape index (κ3) is 4.99. The molecule has 0 saturated heterocycles. The van der Waals surface area contributed by atoms with E-state index in [0.29, 0.717) is 34.7 Å². The molecule has 0 amide bonds. The molecule has 4 rings (SSSR count). The van der Waals surface area contributed by atoms with E-state index in [1.807, 2.05) is 57.8 Å². The number of aliphatic hydroxyl groups excluding tert-OH is 1. The number of ether oxygens (including phenoxy) is 1. The number of likely N-dealkylation sites (N-methyl/N-ethyl adjacent to an activating group) is 1. The first kappa shape index (κ1) is 26.7. The number of nitrogens with zero attached hydrogens (tertiary/aromatic N) is 3. The Morgan fingerprint density at radius 1 is 1.24 bits per heavy atom. The minimum atomic E-state index is -1.43. The first-order valence-electron chi connectivity index (χ1n) is 11.4. The van der Waals surface area contributed by atoms with Crippen LogP contribution in [0.25, 0.3) is 22.3 Å². The lowest BCUT2D eigenvalue weighted by atomic mass is 10.0. The van der Waals surface area contributed by atoms with Crippen LogP contribution in [0.3, 0.4) is 0 Å². The standard InChI is InChI=1S/C21H22N4O5.2C2H6/c1-11-7-17-18-14(9-25(17)20(27)15(11)10-30-21(28)29)19(24(2)5-6-26)13-8-12(22)3-4-16(13)23-18;2*1-2/h3-4,7-8,26H,5-6,9-10,22H2,1-2H3,(H,28,29);2*1-2H3. The molecule has 34 heavy (non-hydrogen) atoms. The van der Waals surface area contributed by atoms with Crippen LogP contribution < -0.4 is 16.2 Å². The first-order chi connectivity index (χ1) is 16.3. The van der Waals surface area contributed by atoms with E-state index < -0.39 is 6.16 Å². The highest BCUT2D eigenvalue weighted by Gasteiger charge is 2.29. The lowest BCUT2D eigenvalue weighted by Gasteiger charge is -2.23. The van der Waals surface area contributed by atoms with Gasteiger partial charge in [0, 0.05) is 30.2 Å². The summed E-state index contributed by atoms with van der Waals surface area (Å²) in [6.45, 7) is 10.1. The second-order valence-corrected chi connectivity index (χ2v) is 7.35. The molecule has 1 aromatic carbocycles. The Balaban J connectivity index is 0.000000970. The number of anilines is 2. The molecule has 0 saturated carbocycles. The third-order valence-electron chi connectivity index (χ3n) is 5.42. The van der Waals surface area contributed by atoms with Gasteiger partial charge in [-0.25, -0.2) is 9.78 Å². The van der Waals surface area contributed by atoms with E-state index in [1.165, 1.54) is 0 Å². The highest BCUT2D eigenvalue weighted by molar-refractivity contribution is 5.98. The summed E-state index contributed by atoms with van der Waals surface area (Å²) in [4.78, 5) is 30.6. The summed E-state index contributed by atoms with van der Waals surface area (Å²) in [6, 6.07) is 7.29. The summed E-state index contributed by atoms with van der Waals surface area (Å²) in [6.07, 6.45) is -1.43. The fraction of sp³-hybridized carbons (Fsp3) is 0.400. The zero-order chi connectivity index (χ0) is 25.6. The average Bonchev–Trinajstić information content (AvgIpc) is 3.18. The van der Waals surface area contributed by atoms with Crippen molar-refractivity contribution in [2.75, 3.05) is 30.8 Å². The van der Waals surface area contributed by atoms with Gasteiger partial charge in [0.25, 0.3) is 5.56 Å². The molecule has 1 aliphatic heterocycles. The quantitative estimate of drug-likeness (QED) is 0.295. The van der Waals surface area contributed by atoms with Crippen LogP contribution in [0.5, 0.6) is 0 Å². The van der Waals surface area contributed by atoms with Crippen molar-refractivity contribution in [2.45, 2.75) is 47.8 Å². The Labute approximate surface area is 199 Å². The van der Waals surface area contributed by atoms with Gasteiger partial charge in [0.1, 0.15) is 6.61 Å². The fourth-order valence-corrected chi connectivity index (χ4v) is 3.99. The van der Waals surface area contributed by atoms with Crippen LogP contribution in [0.15, 0.2) is 29.1 Å². The zero-order valence-corrected chi connectivity index (χ0v) is 20.7. The molecule has 0 fully saturated rings. The number of carboxylic acid groups (broad SMARTS) is 1. The summed E-state index contributed by atoms with van der Waals surface area (Å²) in [7, 11) is 1.87. The number of fused-ring (bicyclic) bond motifs is 4. The van der Waals surface area contributed by atoms with Crippen molar-refractivity contribution in [3.8, 4) is 11.4 Å². The van der Waals surface area contributed by atoms with Crippen LogP contribution in [-0.2, 0) is 17.9 Å². The largest absolute Gasteiger partial charge is 0.506 e. The molecule has 0 atom stereocenters. The number of benzene rings is 1. The second-order valence-electron chi connectivity index (χ2n) is 7.35. The summed E-state index contributed by atoms with van der Waals surface area (Å²) in [5, 5.41) is 19.1. The van der Waals surface area contributed by atoms with Crippen LogP contribution in [0, 0.1) is 6.92 Å². The molecule has 0 bridgehead atoms. The average molecular weight is 471 g/mol. The number of nitrogens with two attached hydrogens (primary N) is 1. The van der Waals surface area contributed by atoms with E-state index in [9.17, 15) is 14.7 Å². The topological polar surface area (TPSA) is 131 Å². The van der Waals surface area contributed by atoms with Gasteiger partial charge in [0.05, 0.1) is 41.3 Å². The molecule has 9 nitrogen and oxygen atoms in total. The smallest absolute Gasteiger partial charge is 0.450 e. The van der Waals surface area contributed by atoms with Crippen molar-refractivity contribution in [1.82, 2.24) is 9.55 Å². The summed E-state index contributed by atoms with van der Waals surface area (Å²) < 4.78 is 6.22. The van der Waals surface area contributed by atoms with Crippen molar-refractivity contribution in [3.05, 3.63) is 51.3 Å². The van der Waals surface area contributed by atoms with Crippen LogP contribution in [0.2, 0.25) is 0 Å². The lowest BCUT2D eigenvalue weighted by molar-refractivity contribution is 0.0848. The van der Waals surface area contributed by atoms with E-state index in [0.717, 1.165) is 22.2 Å². The van der Waals surface area contributed by atoms with Gasteiger partial charge in [-0.2, -0.15) is 0 Å². The summed E-state index contributed by atoms with van der Waals surface area (Å²) >= 11 is 0. The highest BCUT2D eigenvalue weighted by atomic mass is 16.7. The minimum absolute atomic E-state index is 0.0277. The monoisotopic (exact) mass is 470 g/mol. The van der Waals surface area contributed by atoms with Gasteiger partial charge in [-0.05, 0) is 36.8 Å². The molecule has 184 valence electrons. The van der Waals surface area contributed by atoms with E-state index in [-0.39, 0.29) is 25.3 Å². The minimum Gasteiger partial charge on any atom is -0.450 e. The van der Waals surface area contributed by atoms with Crippen LogP contribution >= 0.6 is 0 Å². The van der Waals surface area contributed by atoms with E-state index >= 15 is 0 Å². The predicted molar refractivity (Wildman–Crippen MR) is 136 cm³/mol. The number of aromatic nitrogens is 2. The number of nitrogen functional groups attached to an aromatic ring is 1. The SMILES string of the molecule is CC.CC.Cc1cc2n(c(=O)c1COC(=O)O)Cc1c-2nc2ccc(N)cc2c1N(C)CCO. The normalized spacial score (nSPS) is 10.9. The Bertz CT molecular complexity index is 1240. The maximum Gasteiger partial charge on any atom is 0.506 e. The van der Waals surface area contributed by atoms with Crippen molar-refractivity contribution < 1.29 is 19.7 Å². The predicted octanol–water partition coefficient (Wildman–Crippen LogP) is 3.99. The van der Waals surface area contributed by atoms with Crippen LogP contribution in [-0.4, -0.2) is 46.1 Å². The number of hydrogen-bond acceptors (Lipinski definition) is 7. The van der Waals surface area contributed by atoms with Crippen molar-refractivity contribution in [2.24, 2.45) is 0 Å². The molecule has 0 aliphatic carbocycles. The Hall–Kier alpha value is -3.59. The molecule has 0 radical (unpaired) electrons. The Kier molecular flexibility index (Phi) is 9.03. The number of rotatable bonds is 5. The maximum atomic E-state index is 13.1. The van der Waals surface area contributed by atoms with Crippen molar-refractivity contribution >= 4 is 28.4 Å². The van der Waals surface area contributed by atoms with Gasteiger partial charge in [0.2, 0.25) is 0 Å². The molecule has 0 unspecified atom stereocenters. The molecule has 9 heteroatoms. The van der Waals surface area contributed by atoms with Crippen LogP contribution in [0.1, 0.15) is 44.4 Å². The zero-order valence-electron chi connectivity index (χ0n) is 20.7. The maximum absolute atomic E-state index is 13.1. The van der Waals surface area contributed by atoms with Crippen molar-refractivity contribution in [3.63, 3.8) is 0 Å². The number of pyridine rings is 2. The van der Waals surface area contributed by atoms with Gasteiger partial charge < -0.3 is 30.2 Å². The van der Waals surface area contributed by atoms with Gasteiger partial charge in [0.15, 0.2) is 0 Å². The highest BCUT2D eigenvalue weighted by Crippen LogP contribution is 2.40. The van der Waals surface area contributed by atoms with E-state index in [2.05, 4.69) is 4.74 Å². The Morgan fingerprint density at radius 2 is 1.91 bits per heavy atom. The molecule has 1 aliphatic rings. The van der Waals surface area contributed by atoms with E-state index in [1.54, 1.807) is 17.6 Å². The Morgan fingerprint density at radius 3 is 2.53 bits per heavy atom. The fourth-order valence-electron chi connectivity index (χ4n) is 3.99. The number of aryl methyl sites for hydroxylation is 1. The molecule has 3 aromatic rings. The van der Waals surface area contributed by atoms with Crippen LogP contribution in [0.4, 0.5) is 16.2 Å². The van der Waals surface area contributed by atoms with Gasteiger partial charge in [-0.1, -0.05) is 27.7 Å². The molecule has 0 spiro atoms. The second kappa shape index (κ2) is 11.5. The van der Waals surface area contributed by atoms with Crippen molar-refractivity contribution in [1.29, 1.82) is 0 Å². The van der Waals surface area contributed by atoms with Gasteiger partial charge >= 0.3 is 6.16 Å². The summed E-state index contributed by atoms with van der Waals surface area (Å²) in [5.74, 6) is 0. The molecular weight excluding hydrogens is 436 g/mol. The van der Waals surface area contributed by atoms with Gasteiger partial charge in [-0.3, -0.25) is 4.79 Å².